The van der Waals surface area contributed by atoms with Crippen LogP contribution in [0.1, 0.15) is 31.7 Å². The van der Waals surface area contributed by atoms with Crippen LogP contribution in [0.3, 0.4) is 0 Å². The maximum absolute atomic E-state index is 11.7. The summed E-state index contributed by atoms with van der Waals surface area (Å²) in [6, 6.07) is 3.57. The Labute approximate surface area is 117 Å². The van der Waals surface area contributed by atoms with Gasteiger partial charge in [0, 0.05) is 17.5 Å². The first-order chi connectivity index (χ1) is 9.24. The van der Waals surface area contributed by atoms with Crippen LogP contribution >= 0.6 is 0 Å². The normalized spacial score (nSPS) is 12.9. The third-order valence-corrected chi connectivity index (χ3v) is 4.46. The van der Waals surface area contributed by atoms with Gasteiger partial charge in [-0.15, -0.1) is 0 Å². The number of sulfonamides is 1. The number of nitrogens with one attached hydrogen (secondary N) is 1. The van der Waals surface area contributed by atoms with E-state index in [0.29, 0.717) is 6.42 Å². The lowest BCUT2D eigenvalue weighted by Crippen LogP contribution is -2.19. The van der Waals surface area contributed by atoms with E-state index < -0.39 is 20.9 Å². The zero-order chi connectivity index (χ0) is 15.5. The van der Waals surface area contributed by atoms with E-state index in [0.717, 1.165) is 6.07 Å². The molecular weight excluding hydrogens is 284 g/mol. The smallest absolute Gasteiger partial charge is 0.274 e. The number of Topliss-reactive ketones (excluding diaryl/α,β-unsaturated/α-hetero) is 1. The molecule has 1 rings (SSSR count). The first-order valence-corrected chi connectivity index (χ1v) is 7.45. The predicted octanol–water partition coefficient (Wildman–Crippen LogP) is 1.59. The van der Waals surface area contributed by atoms with Crippen molar-refractivity contribution in [1.29, 1.82) is 0 Å². The second-order valence-electron chi connectivity index (χ2n) is 4.26. The van der Waals surface area contributed by atoms with E-state index >= 15 is 0 Å². The molecule has 0 amide bonds. The predicted molar refractivity (Wildman–Crippen MR) is 73.1 cm³/mol. The van der Waals surface area contributed by atoms with Gasteiger partial charge in [-0.1, -0.05) is 13.0 Å². The summed E-state index contributed by atoms with van der Waals surface area (Å²) in [6.45, 7) is 3.10. The summed E-state index contributed by atoms with van der Waals surface area (Å²) < 4.78 is 25.4. The third-order valence-electron chi connectivity index (χ3n) is 3.05. The van der Waals surface area contributed by atoms with Crippen molar-refractivity contribution in [3.63, 3.8) is 0 Å². The number of hydrogen-bond donors (Lipinski definition) is 1. The second-order valence-corrected chi connectivity index (χ2v) is 6.14. The molecule has 0 fully saturated rings. The van der Waals surface area contributed by atoms with Crippen molar-refractivity contribution < 1.29 is 18.1 Å². The van der Waals surface area contributed by atoms with Gasteiger partial charge in [-0.05, 0) is 26.5 Å². The van der Waals surface area contributed by atoms with Crippen molar-refractivity contribution in [1.82, 2.24) is 4.72 Å². The topological polar surface area (TPSA) is 106 Å². The second kappa shape index (κ2) is 6.10. The molecule has 0 aliphatic heterocycles. The first-order valence-electron chi connectivity index (χ1n) is 5.97. The number of nitro groups is 1. The molecule has 8 heteroatoms. The average molecular weight is 300 g/mol. The van der Waals surface area contributed by atoms with Crippen LogP contribution in [0.15, 0.2) is 23.1 Å². The van der Waals surface area contributed by atoms with E-state index in [9.17, 15) is 23.3 Å². The van der Waals surface area contributed by atoms with Crippen molar-refractivity contribution in [3.05, 3.63) is 33.9 Å². The number of nitrogens with zero attached hydrogens (tertiary/aromatic N) is 1. The number of carbonyl (C=O) groups excluding carboxylic acids is 1. The molecule has 7 nitrogen and oxygen atoms in total. The van der Waals surface area contributed by atoms with Gasteiger partial charge in [0.25, 0.3) is 5.69 Å². The van der Waals surface area contributed by atoms with E-state index in [4.69, 9.17) is 0 Å². The highest BCUT2D eigenvalue weighted by Crippen LogP contribution is 2.31. The molecule has 110 valence electrons. The zero-order valence-electron chi connectivity index (χ0n) is 11.4. The Morgan fingerprint density at radius 1 is 1.45 bits per heavy atom. The van der Waals surface area contributed by atoms with Crippen LogP contribution in [-0.4, -0.2) is 26.2 Å². The lowest BCUT2D eigenvalue weighted by molar-refractivity contribution is -0.385. The van der Waals surface area contributed by atoms with Crippen LogP contribution in [0, 0.1) is 10.1 Å². The fraction of sp³-hybridized carbons (Fsp3) is 0.417. The maximum atomic E-state index is 11.7. The van der Waals surface area contributed by atoms with Crippen molar-refractivity contribution in [2.24, 2.45) is 0 Å². The Morgan fingerprint density at radius 2 is 2.05 bits per heavy atom. The van der Waals surface area contributed by atoms with Crippen molar-refractivity contribution in [3.8, 4) is 0 Å². The Hall–Kier alpha value is -1.80. The highest BCUT2D eigenvalue weighted by molar-refractivity contribution is 7.89. The van der Waals surface area contributed by atoms with Crippen LogP contribution in [0.2, 0.25) is 0 Å². The van der Waals surface area contributed by atoms with Gasteiger partial charge in [0.1, 0.15) is 5.78 Å². The van der Waals surface area contributed by atoms with Gasteiger partial charge in [0.05, 0.1) is 9.82 Å². The summed E-state index contributed by atoms with van der Waals surface area (Å²) in [6.07, 6.45) is 0.411. The molecule has 0 saturated heterocycles. The number of carbonyl (C=O) groups is 1. The molecule has 0 saturated carbocycles. The molecule has 0 heterocycles. The lowest BCUT2D eigenvalue weighted by atomic mass is 9.92. The van der Waals surface area contributed by atoms with Crippen LogP contribution in [0.4, 0.5) is 5.69 Å². The van der Waals surface area contributed by atoms with Gasteiger partial charge in [-0.25, -0.2) is 13.1 Å². The summed E-state index contributed by atoms with van der Waals surface area (Å²) in [4.78, 5) is 21.8. The molecule has 0 aliphatic rings. The number of nitro benzene ring substituents is 1. The van der Waals surface area contributed by atoms with Crippen LogP contribution in [-0.2, 0) is 14.8 Å². The molecule has 0 spiro atoms. The van der Waals surface area contributed by atoms with Crippen LogP contribution in [0.25, 0.3) is 0 Å². The quantitative estimate of drug-likeness (QED) is 0.634. The van der Waals surface area contributed by atoms with E-state index in [-0.39, 0.29) is 21.9 Å². The summed E-state index contributed by atoms with van der Waals surface area (Å²) in [5, 5.41) is 11.1. The molecule has 20 heavy (non-hydrogen) atoms. The Kier molecular flexibility index (Phi) is 4.96. The molecule has 1 N–H and O–H groups in total. The minimum atomic E-state index is -3.76. The molecular formula is C12H16N2O5S. The highest BCUT2D eigenvalue weighted by atomic mass is 32.2. The van der Waals surface area contributed by atoms with Gasteiger partial charge < -0.3 is 0 Å². The molecule has 0 aromatic heterocycles. The summed E-state index contributed by atoms with van der Waals surface area (Å²) in [5.74, 6) is -0.804. The largest absolute Gasteiger partial charge is 0.299 e. The number of rotatable bonds is 6. The average Bonchev–Trinajstić information content (AvgIpc) is 2.39. The fourth-order valence-corrected chi connectivity index (χ4v) is 2.74. The van der Waals surface area contributed by atoms with Gasteiger partial charge in [0.2, 0.25) is 10.0 Å². The van der Waals surface area contributed by atoms with Crippen LogP contribution < -0.4 is 4.72 Å². The van der Waals surface area contributed by atoms with E-state index in [1.807, 2.05) is 0 Å². The zero-order valence-corrected chi connectivity index (χ0v) is 12.2. The third kappa shape index (κ3) is 3.20. The number of hydrogen-bond acceptors (Lipinski definition) is 5. The SMILES string of the molecule is CCC(C(C)=O)c1ccc(S(=O)(=O)NC)cc1[N+](=O)[O-]. The maximum Gasteiger partial charge on any atom is 0.274 e. The van der Waals surface area contributed by atoms with E-state index in [1.54, 1.807) is 6.92 Å². The summed E-state index contributed by atoms with van der Waals surface area (Å²) in [5.41, 5.74) is -0.122. The molecule has 0 aliphatic carbocycles. The van der Waals surface area contributed by atoms with Crippen molar-refractivity contribution in [2.45, 2.75) is 31.1 Å². The summed E-state index contributed by atoms with van der Waals surface area (Å²) >= 11 is 0. The van der Waals surface area contributed by atoms with E-state index in [2.05, 4.69) is 4.72 Å². The Bertz CT molecular complexity index is 639. The molecule has 1 atom stereocenters. The van der Waals surface area contributed by atoms with E-state index in [1.165, 1.54) is 26.1 Å². The lowest BCUT2D eigenvalue weighted by Gasteiger charge is -2.13. The minimum absolute atomic E-state index is 0.195. The number of benzene rings is 1. The first kappa shape index (κ1) is 16.3. The molecule has 1 aromatic rings. The Balaban J connectivity index is 3.50. The highest BCUT2D eigenvalue weighted by Gasteiger charge is 2.26. The summed E-state index contributed by atoms with van der Waals surface area (Å²) in [7, 11) is -2.54. The van der Waals surface area contributed by atoms with Gasteiger partial charge >= 0.3 is 0 Å². The van der Waals surface area contributed by atoms with Crippen molar-refractivity contribution >= 4 is 21.5 Å². The number of ketones is 1. The monoisotopic (exact) mass is 300 g/mol. The fourth-order valence-electron chi connectivity index (χ4n) is 1.99. The van der Waals surface area contributed by atoms with Crippen LogP contribution in [0.5, 0.6) is 0 Å². The molecule has 1 unspecified atom stereocenters. The minimum Gasteiger partial charge on any atom is -0.299 e. The van der Waals surface area contributed by atoms with Gasteiger partial charge in [-0.3, -0.25) is 14.9 Å². The molecule has 1 aromatic carbocycles. The Morgan fingerprint density at radius 3 is 2.45 bits per heavy atom. The molecule has 0 radical (unpaired) electrons. The van der Waals surface area contributed by atoms with Crippen molar-refractivity contribution in [2.75, 3.05) is 7.05 Å². The van der Waals surface area contributed by atoms with Gasteiger partial charge in [-0.2, -0.15) is 0 Å². The standard InChI is InChI=1S/C12H16N2O5S/c1-4-10(8(2)15)11-6-5-9(20(18,19)13-3)7-12(11)14(16)17/h5-7,10,13H,4H2,1-3H3. The van der Waals surface area contributed by atoms with Gasteiger partial charge in [0.15, 0.2) is 0 Å². The molecule has 0 bridgehead atoms.